The first-order chi connectivity index (χ1) is 11.8. The molecule has 0 atom stereocenters. The van der Waals surface area contributed by atoms with E-state index in [2.05, 4.69) is 17.4 Å². The summed E-state index contributed by atoms with van der Waals surface area (Å²) in [5.41, 5.74) is 1.73. The molecule has 120 valence electrons. The Balaban J connectivity index is 1.51. The molecule has 0 aliphatic heterocycles. The molecular formula is C20H17NO3. The number of benzene rings is 2. The summed E-state index contributed by atoms with van der Waals surface area (Å²) in [6, 6.07) is 15.9. The predicted octanol–water partition coefficient (Wildman–Crippen LogP) is 4.08. The molecule has 4 aromatic rings. The van der Waals surface area contributed by atoms with E-state index in [1.54, 1.807) is 12.5 Å². The quantitative estimate of drug-likeness (QED) is 0.603. The lowest BCUT2D eigenvalue weighted by atomic mass is 10.0. The first-order valence-corrected chi connectivity index (χ1v) is 7.98. The Labute approximate surface area is 139 Å². The van der Waals surface area contributed by atoms with E-state index in [1.807, 2.05) is 36.4 Å². The summed E-state index contributed by atoms with van der Waals surface area (Å²) in [7, 11) is 0. The maximum absolute atomic E-state index is 12.2. The monoisotopic (exact) mass is 319 g/mol. The molecule has 0 fully saturated rings. The average molecular weight is 319 g/mol. The third-order valence-electron chi connectivity index (χ3n) is 4.16. The van der Waals surface area contributed by atoms with E-state index in [0.29, 0.717) is 19.4 Å². The summed E-state index contributed by atoms with van der Waals surface area (Å²) >= 11 is 0. The van der Waals surface area contributed by atoms with Gasteiger partial charge in [-0.05, 0) is 29.0 Å². The van der Waals surface area contributed by atoms with Crippen molar-refractivity contribution in [3.63, 3.8) is 0 Å². The normalized spacial score (nSPS) is 11.2. The zero-order chi connectivity index (χ0) is 16.4. The van der Waals surface area contributed by atoms with E-state index in [1.165, 1.54) is 0 Å². The molecule has 0 unspecified atom stereocenters. The number of carbonyl (C=O) groups is 1. The highest BCUT2D eigenvalue weighted by atomic mass is 16.3. The van der Waals surface area contributed by atoms with E-state index >= 15 is 0 Å². The summed E-state index contributed by atoms with van der Waals surface area (Å²) in [5, 5.41) is 6.21. The molecule has 1 N–H and O–H groups in total. The van der Waals surface area contributed by atoms with Crippen molar-refractivity contribution in [2.75, 3.05) is 6.54 Å². The molecule has 0 radical (unpaired) electrons. The highest BCUT2D eigenvalue weighted by Crippen LogP contribution is 2.30. The Hall–Kier alpha value is -3.01. The SMILES string of the molecule is O=C(Cc1coc2ccc3ccccc3c12)NCCc1ccco1. The lowest BCUT2D eigenvalue weighted by Crippen LogP contribution is -2.27. The molecule has 1 amide bonds. The lowest BCUT2D eigenvalue weighted by Gasteiger charge is -2.04. The number of furan rings is 2. The summed E-state index contributed by atoms with van der Waals surface area (Å²) in [4.78, 5) is 12.2. The Morgan fingerprint density at radius 2 is 1.92 bits per heavy atom. The van der Waals surface area contributed by atoms with Crippen LogP contribution < -0.4 is 5.32 Å². The van der Waals surface area contributed by atoms with Crippen LogP contribution in [-0.2, 0) is 17.6 Å². The number of amides is 1. The number of carbonyl (C=O) groups excluding carboxylic acids is 1. The fourth-order valence-corrected chi connectivity index (χ4v) is 3.02. The first-order valence-electron chi connectivity index (χ1n) is 7.98. The number of nitrogens with one attached hydrogen (secondary N) is 1. The van der Waals surface area contributed by atoms with Gasteiger partial charge in [0.25, 0.3) is 0 Å². The summed E-state index contributed by atoms with van der Waals surface area (Å²) in [6.45, 7) is 0.558. The largest absolute Gasteiger partial charge is 0.469 e. The Bertz CT molecular complexity index is 983. The van der Waals surface area contributed by atoms with Gasteiger partial charge in [0.05, 0.1) is 18.9 Å². The van der Waals surface area contributed by atoms with Crippen LogP contribution in [0.2, 0.25) is 0 Å². The number of hydrogen-bond acceptors (Lipinski definition) is 3. The fourth-order valence-electron chi connectivity index (χ4n) is 3.02. The molecule has 0 bridgehead atoms. The molecule has 2 aromatic carbocycles. The maximum Gasteiger partial charge on any atom is 0.224 e. The van der Waals surface area contributed by atoms with Crippen molar-refractivity contribution in [2.45, 2.75) is 12.8 Å². The van der Waals surface area contributed by atoms with Crippen LogP contribution in [0.25, 0.3) is 21.7 Å². The second kappa shape index (κ2) is 6.24. The van der Waals surface area contributed by atoms with Gasteiger partial charge in [0.2, 0.25) is 5.91 Å². The zero-order valence-corrected chi connectivity index (χ0v) is 13.1. The molecular weight excluding hydrogens is 302 g/mol. The second-order valence-corrected chi connectivity index (χ2v) is 5.78. The third kappa shape index (κ3) is 2.78. The molecule has 24 heavy (non-hydrogen) atoms. The summed E-state index contributed by atoms with van der Waals surface area (Å²) in [6.07, 6.45) is 4.32. The van der Waals surface area contributed by atoms with Crippen LogP contribution in [-0.4, -0.2) is 12.5 Å². The van der Waals surface area contributed by atoms with Crippen LogP contribution in [0, 0.1) is 0 Å². The fraction of sp³-hybridized carbons (Fsp3) is 0.150. The van der Waals surface area contributed by atoms with Gasteiger partial charge in [-0.25, -0.2) is 0 Å². The lowest BCUT2D eigenvalue weighted by molar-refractivity contribution is -0.120. The van der Waals surface area contributed by atoms with Crippen LogP contribution in [0.4, 0.5) is 0 Å². The van der Waals surface area contributed by atoms with Crippen LogP contribution in [0.15, 0.2) is 69.9 Å². The highest BCUT2D eigenvalue weighted by molar-refractivity contribution is 6.08. The van der Waals surface area contributed by atoms with Gasteiger partial charge >= 0.3 is 0 Å². The topological polar surface area (TPSA) is 55.4 Å². The van der Waals surface area contributed by atoms with E-state index in [4.69, 9.17) is 8.83 Å². The third-order valence-corrected chi connectivity index (χ3v) is 4.16. The van der Waals surface area contributed by atoms with Crippen LogP contribution in [0.1, 0.15) is 11.3 Å². The Morgan fingerprint density at radius 3 is 2.79 bits per heavy atom. The number of fused-ring (bicyclic) bond motifs is 3. The molecule has 4 rings (SSSR count). The minimum absolute atomic E-state index is 0.0165. The predicted molar refractivity (Wildman–Crippen MR) is 92.8 cm³/mol. The summed E-state index contributed by atoms with van der Waals surface area (Å²) in [5.74, 6) is 0.854. The molecule has 4 heteroatoms. The average Bonchev–Trinajstić information content (AvgIpc) is 3.25. The molecule has 4 nitrogen and oxygen atoms in total. The zero-order valence-electron chi connectivity index (χ0n) is 13.1. The number of hydrogen-bond donors (Lipinski definition) is 1. The molecule has 2 heterocycles. The molecule has 0 saturated heterocycles. The van der Waals surface area contributed by atoms with Gasteiger partial charge in [0.1, 0.15) is 11.3 Å². The second-order valence-electron chi connectivity index (χ2n) is 5.78. The molecule has 0 saturated carbocycles. The van der Waals surface area contributed by atoms with Crippen molar-refractivity contribution in [2.24, 2.45) is 0 Å². The Kier molecular flexibility index (Phi) is 3.79. The van der Waals surface area contributed by atoms with Gasteiger partial charge in [0, 0.05) is 23.9 Å². The van der Waals surface area contributed by atoms with Crippen molar-refractivity contribution in [3.8, 4) is 0 Å². The van der Waals surface area contributed by atoms with E-state index in [0.717, 1.165) is 33.1 Å². The van der Waals surface area contributed by atoms with Crippen LogP contribution in [0.3, 0.4) is 0 Å². The smallest absolute Gasteiger partial charge is 0.224 e. The van der Waals surface area contributed by atoms with Crippen LogP contribution in [0.5, 0.6) is 0 Å². The van der Waals surface area contributed by atoms with Crippen molar-refractivity contribution < 1.29 is 13.6 Å². The maximum atomic E-state index is 12.2. The van der Waals surface area contributed by atoms with Crippen molar-refractivity contribution in [1.29, 1.82) is 0 Å². The first kappa shape index (κ1) is 14.6. The minimum Gasteiger partial charge on any atom is -0.469 e. The summed E-state index contributed by atoms with van der Waals surface area (Å²) < 4.78 is 10.9. The number of rotatable bonds is 5. The van der Waals surface area contributed by atoms with Crippen LogP contribution >= 0.6 is 0 Å². The van der Waals surface area contributed by atoms with Crippen molar-refractivity contribution in [1.82, 2.24) is 5.32 Å². The standard InChI is InChI=1S/C20H17NO3/c22-19(21-10-9-16-5-3-11-23-16)12-15-13-24-18-8-7-14-4-1-2-6-17(14)20(15)18/h1-8,11,13H,9-10,12H2,(H,21,22). The Morgan fingerprint density at radius 1 is 1.00 bits per heavy atom. The van der Waals surface area contributed by atoms with E-state index in [-0.39, 0.29) is 5.91 Å². The molecule has 0 aliphatic rings. The molecule has 0 spiro atoms. The minimum atomic E-state index is -0.0165. The van der Waals surface area contributed by atoms with E-state index in [9.17, 15) is 4.79 Å². The van der Waals surface area contributed by atoms with Gasteiger partial charge < -0.3 is 14.2 Å². The highest BCUT2D eigenvalue weighted by Gasteiger charge is 2.13. The van der Waals surface area contributed by atoms with Gasteiger partial charge in [-0.2, -0.15) is 0 Å². The van der Waals surface area contributed by atoms with Gasteiger partial charge in [-0.15, -0.1) is 0 Å². The van der Waals surface area contributed by atoms with E-state index < -0.39 is 0 Å². The molecule has 2 aromatic heterocycles. The van der Waals surface area contributed by atoms with Gasteiger partial charge in [-0.3, -0.25) is 4.79 Å². The van der Waals surface area contributed by atoms with Crippen molar-refractivity contribution in [3.05, 3.63) is 72.4 Å². The van der Waals surface area contributed by atoms with Gasteiger partial charge in [-0.1, -0.05) is 30.3 Å². The van der Waals surface area contributed by atoms with Gasteiger partial charge in [0.15, 0.2) is 0 Å². The van der Waals surface area contributed by atoms with Crippen molar-refractivity contribution >= 4 is 27.6 Å². The molecule has 0 aliphatic carbocycles.